The van der Waals surface area contributed by atoms with Crippen molar-refractivity contribution in [2.24, 2.45) is 0 Å². The van der Waals surface area contributed by atoms with Crippen molar-refractivity contribution in [1.29, 1.82) is 0 Å². The number of carbonyl (C=O) groups is 1. The first-order valence-corrected chi connectivity index (χ1v) is 9.73. The van der Waals surface area contributed by atoms with Gasteiger partial charge in [-0.3, -0.25) is 20.2 Å². The lowest BCUT2D eigenvalue weighted by molar-refractivity contribution is -0.385. The molecule has 10 nitrogen and oxygen atoms in total. The number of nitrogens with one attached hydrogen (secondary N) is 2. The van der Waals surface area contributed by atoms with Crippen molar-refractivity contribution in [3.8, 4) is 11.4 Å². The molecule has 0 spiro atoms. The second kappa shape index (κ2) is 8.78. The third-order valence-corrected chi connectivity index (χ3v) is 4.72. The summed E-state index contributed by atoms with van der Waals surface area (Å²) >= 11 is 5.18. The number of hydrogen-bond acceptors (Lipinski definition) is 7. The van der Waals surface area contributed by atoms with Gasteiger partial charge in [0.2, 0.25) is 0 Å². The molecule has 1 heterocycles. The Hall–Kier alpha value is -4.38. The molecule has 0 radical (unpaired) electrons. The Morgan fingerprint density at radius 2 is 1.78 bits per heavy atom. The van der Waals surface area contributed by atoms with Gasteiger partial charge in [0.05, 0.1) is 17.7 Å². The number of fused-ring (bicyclic) bond motifs is 1. The van der Waals surface area contributed by atoms with Crippen LogP contribution < -0.4 is 15.4 Å². The van der Waals surface area contributed by atoms with Crippen molar-refractivity contribution in [3.05, 3.63) is 82.4 Å². The minimum atomic E-state index is -0.679. The molecule has 0 saturated heterocycles. The number of benzene rings is 3. The number of para-hydroxylation sites is 1. The van der Waals surface area contributed by atoms with Crippen LogP contribution in [0.1, 0.15) is 10.4 Å². The number of nitrogens with zero attached hydrogens (tertiary/aromatic N) is 4. The van der Waals surface area contributed by atoms with Gasteiger partial charge in [0.1, 0.15) is 22.3 Å². The summed E-state index contributed by atoms with van der Waals surface area (Å²) in [4.78, 5) is 24.4. The summed E-state index contributed by atoms with van der Waals surface area (Å²) in [5.74, 6) is 0.0506. The first-order valence-electron chi connectivity index (χ1n) is 9.32. The molecule has 11 heteroatoms. The Labute approximate surface area is 187 Å². The Bertz CT molecular complexity index is 1340. The van der Waals surface area contributed by atoms with E-state index < -0.39 is 10.8 Å². The molecule has 0 aliphatic rings. The molecule has 0 unspecified atom stereocenters. The van der Waals surface area contributed by atoms with Gasteiger partial charge in [0.25, 0.3) is 11.6 Å². The van der Waals surface area contributed by atoms with Crippen LogP contribution in [0.3, 0.4) is 0 Å². The van der Waals surface area contributed by atoms with Crippen molar-refractivity contribution in [1.82, 2.24) is 20.3 Å². The highest BCUT2D eigenvalue weighted by Crippen LogP contribution is 2.20. The summed E-state index contributed by atoms with van der Waals surface area (Å²) in [6.07, 6.45) is 0. The standard InChI is InChI=1S/C21H16N6O4S/c1-31-15-9-7-14(8-10-15)26-24-17-11-6-13(12-18(17)25-26)22-21(32)23-20(28)16-4-2-3-5-19(16)27(29)30/h2-12H,1H3,(H2,22,23,28,32). The van der Waals surface area contributed by atoms with E-state index in [0.717, 1.165) is 11.4 Å². The number of amides is 1. The minimum absolute atomic E-state index is 0.00459. The Morgan fingerprint density at radius 1 is 1.06 bits per heavy atom. The number of anilines is 1. The van der Waals surface area contributed by atoms with Gasteiger partial charge in [-0.15, -0.1) is 10.2 Å². The molecule has 2 N–H and O–H groups in total. The maximum absolute atomic E-state index is 12.4. The molecule has 0 aliphatic heterocycles. The van der Waals surface area contributed by atoms with E-state index >= 15 is 0 Å². The van der Waals surface area contributed by atoms with E-state index in [-0.39, 0.29) is 16.4 Å². The molecular formula is C21H16N6O4S. The molecule has 0 aliphatic carbocycles. The first kappa shape index (κ1) is 20.9. The largest absolute Gasteiger partial charge is 0.497 e. The minimum Gasteiger partial charge on any atom is -0.497 e. The van der Waals surface area contributed by atoms with Gasteiger partial charge in [-0.2, -0.15) is 4.80 Å². The molecule has 0 saturated carbocycles. The number of nitro groups is 1. The summed E-state index contributed by atoms with van der Waals surface area (Å²) in [7, 11) is 1.60. The van der Waals surface area contributed by atoms with Gasteiger partial charge < -0.3 is 10.1 Å². The number of aromatic nitrogens is 3. The average Bonchev–Trinajstić information content (AvgIpc) is 3.22. The highest BCUT2D eigenvalue weighted by Gasteiger charge is 2.20. The molecule has 160 valence electrons. The molecule has 3 aromatic carbocycles. The van der Waals surface area contributed by atoms with Crippen molar-refractivity contribution in [2.45, 2.75) is 0 Å². The van der Waals surface area contributed by atoms with Crippen molar-refractivity contribution in [3.63, 3.8) is 0 Å². The van der Waals surface area contributed by atoms with Gasteiger partial charge in [-0.05, 0) is 60.7 Å². The number of carbonyl (C=O) groups excluding carboxylic acids is 1. The van der Waals surface area contributed by atoms with Crippen molar-refractivity contribution >= 4 is 45.6 Å². The van der Waals surface area contributed by atoms with Gasteiger partial charge in [-0.25, -0.2) is 0 Å². The molecule has 0 atom stereocenters. The Kier molecular flexibility index (Phi) is 5.73. The number of ether oxygens (including phenoxy) is 1. The summed E-state index contributed by atoms with van der Waals surface area (Å²) < 4.78 is 5.16. The predicted octanol–water partition coefficient (Wildman–Crippen LogP) is 3.46. The molecule has 4 rings (SSSR count). The number of hydrogen-bond donors (Lipinski definition) is 2. The van der Waals surface area contributed by atoms with Gasteiger partial charge in [0.15, 0.2) is 5.11 Å². The number of nitro benzene ring substituents is 1. The fourth-order valence-electron chi connectivity index (χ4n) is 2.98. The molecular weight excluding hydrogens is 432 g/mol. The lowest BCUT2D eigenvalue weighted by Gasteiger charge is -2.09. The highest BCUT2D eigenvalue weighted by atomic mass is 32.1. The van der Waals surface area contributed by atoms with Gasteiger partial charge >= 0.3 is 0 Å². The number of thiocarbonyl (C=S) groups is 1. The molecule has 32 heavy (non-hydrogen) atoms. The highest BCUT2D eigenvalue weighted by molar-refractivity contribution is 7.80. The molecule has 1 amide bonds. The van der Waals surface area contributed by atoms with E-state index in [1.807, 2.05) is 24.3 Å². The number of methoxy groups -OCH3 is 1. The SMILES string of the molecule is COc1ccc(-n2nc3ccc(NC(=S)NC(=O)c4ccccc4[N+](=O)[O-])cc3n2)cc1. The van der Waals surface area contributed by atoms with Crippen LogP contribution in [0.4, 0.5) is 11.4 Å². The van der Waals surface area contributed by atoms with Crippen molar-refractivity contribution < 1.29 is 14.5 Å². The van der Waals surface area contributed by atoms with E-state index in [1.165, 1.54) is 23.0 Å². The second-order valence-corrected chi connectivity index (χ2v) is 6.98. The summed E-state index contributed by atoms with van der Waals surface area (Å²) in [6, 6.07) is 18.2. The summed E-state index contributed by atoms with van der Waals surface area (Å²) in [5, 5.41) is 25.4. The fraction of sp³-hybridized carbons (Fsp3) is 0.0476. The molecule has 0 bridgehead atoms. The summed E-state index contributed by atoms with van der Waals surface area (Å²) in [6.45, 7) is 0. The van der Waals surface area contributed by atoms with Crippen molar-refractivity contribution in [2.75, 3.05) is 12.4 Å². The van der Waals surface area contributed by atoms with Gasteiger partial charge in [-0.1, -0.05) is 12.1 Å². The van der Waals surface area contributed by atoms with Gasteiger partial charge in [0, 0.05) is 11.8 Å². The zero-order chi connectivity index (χ0) is 22.7. The van der Waals surface area contributed by atoms with Crippen LogP contribution in [-0.4, -0.2) is 38.0 Å². The fourth-order valence-corrected chi connectivity index (χ4v) is 3.19. The topological polar surface area (TPSA) is 124 Å². The first-order chi connectivity index (χ1) is 15.4. The van der Waals surface area contributed by atoms with Crippen LogP contribution >= 0.6 is 12.2 Å². The third-order valence-electron chi connectivity index (χ3n) is 4.51. The van der Waals surface area contributed by atoms with Crippen LogP contribution in [0, 0.1) is 10.1 Å². The van der Waals surface area contributed by atoms with E-state index in [2.05, 4.69) is 20.8 Å². The quantitative estimate of drug-likeness (QED) is 0.270. The van der Waals surface area contributed by atoms with E-state index in [4.69, 9.17) is 17.0 Å². The van der Waals surface area contributed by atoms with E-state index in [9.17, 15) is 14.9 Å². The van der Waals surface area contributed by atoms with Crippen LogP contribution in [-0.2, 0) is 0 Å². The summed E-state index contributed by atoms with van der Waals surface area (Å²) in [5.41, 5.74) is 2.24. The van der Waals surface area contributed by atoms with Crippen LogP contribution in [0.2, 0.25) is 0 Å². The number of rotatable bonds is 5. The lowest BCUT2D eigenvalue weighted by Crippen LogP contribution is -2.34. The zero-order valence-electron chi connectivity index (χ0n) is 16.7. The van der Waals surface area contributed by atoms with E-state index in [0.29, 0.717) is 16.7 Å². The molecule has 4 aromatic rings. The Morgan fingerprint density at radius 3 is 2.50 bits per heavy atom. The van der Waals surface area contributed by atoms with Crippen LogP contribution in [0.5, 0.6) is 5.75 Å². The second-order valence-electron chi connectivity index (χ2n) is 6.57. The molecule has 1 aromatic heterocycles. The van der Waals surface area contributed by atoms with E-state index in [1.54, 1.807) is 31.4 Å². The normalized spacial score (nSPS) is 10.5. The van der Waals surface area contributed by atoms with Crippen LogP contribution in [0.25, 0.3) is 16.7 Å². The molecule has 0 fully saturated rings. The smallest absolute Gasteiger partial charge is 0.282 e. The average molecular weight is 448 g/mol. The maximum atomic E-state index is 12.4. The Balaban J connectivity index is 1.48. The predicted molar refractivity (Wildman–Crippen MR) is 122 cm³/mol. The monoisotopic (exact) mass is 448 g/mol. The van der Waals surface area contributed by atoms with Crippen LogP contribution in [0.15, 0.2) is 66.7 Å². The zero-order valence-corrected chi connectivity index (χ0v) is 17.5. The lowest BCUT2D eigenvalue weighted by atomic mass is 10.1. The third kappa shape index (κ3) is 4.37. The maximum Gasteiger partial charge on any atom is 0.282 e.